The van der Waals surface area contributed by atoms with Crippen molar-refractivity contribution in [3.05, 3.63) is 35.6 Å². The van der Waals surface area contributed by atoms with Gasteiger partial charge in [0.05, 0.1) is 5.25 Å². The molecule has 0 aromatic heterocycles. The van der Waals surface area contributed by atoms with Gasteiger partial charge < -0.3 is 5.32 Å². The van der Waals surface area contributed by atoms with Crippen LogP contribution in [0.1, 0.15) is 38.2 Å². The molecule has 1 aliphatic carbocycles. The summed E-state index contributed by atoms with van der Waals surface area (Å²) in [4.78, 5) is 12.0. The zero-order valence-electron chi connectivity index (χ0n) is 11.2. The van der Waals surface area contributed by atoms with Gasteiger partial charge in [0.1, 0.15) is 5.82 Å². The number of carbonyl (C=O) groups excluding carboxylic acids is 1. The number of benzene rings is 1. The van der Waals surface area contributed by atoms with E-state index in [4.69, 9.17) is 0 Å². The molecule has 19 heavy (non-hydrogen) atoms. The molecule has 1 aromatic carbocycles. The van der Waals surface area contributed by atoms with Crippen molar-refractivity contribution < 1.29 is 9.18 Å². The van der Waals surface area contributed by atoms with Gasteiger partial charge in [-0.3, -0.25) is 4.79 Å². The first kappa shape index (κ1) is 14.4. The second-order valence-corrected chi connectivity index (χ2v) is 6.40. The van der Waals surface area contributed by atoms with Crippen LogP contribution in [0.5, 0.6) is 0 Å². The number of nitrogens with one attached hydrogen (secondary N) is 1. The summed E-state index contributed by atoms with van der Waals surface area (Å²) < 4.78 is 12.8. The van der Waals surface area contributed by atoms with Crippen LogP contribution in [0.3, 0.4) is 0 Å². The maximum atomic E-state index is 12.8. The summed E-state index contributed by atoms with van der Waals surface area (Å²) in [7, 11) is 0. The van der Waals surface area contributed by atoms with E-state index in [1.54, 1.807) is 23.9 Å². The van der Waals surface area contributed by atoms with Crippen molar-refractivity contribution in [2.45, 2.75) is 49.7 Å². The number of rotatable bonds is 5. The Kier molecular flexibility index (Phi) is 5.25. The molecular formula is C15H20FNOS. The van der Waals surface area contributed by atoms with Gasteiger partial charge in [-0.2, -0.15) is 0 Å². The molecule has 1 amide bonds. The zero-order valence-corrected chi connectivity index (χ0v) is 12.0. The van der Waals surface area contributed by atoms with E-state index in [0.29, 0.717) is 6.04 Å². The quantitative estimate of drug-likeness (QED) is 0.895. The Hall–Kier alpha value is -1.03. The van der Waals surface area contributed by atoms with Gasteiger partial charge >= 0.3 is 0 Å². The maximum absolute atomic E-state index is 12.8. The molecule has 1 aliphatic rings. The Bertz CT molecular complexity index is 415. The molecule has 0 saturated heterocycles. The van der Waals surface area contributed by atoms with E-state index in [-0.39, 0.29) is 17.0 Å². The van der Waals surface area contributed by atoms with Crippen molar-refractivity contribution in [1.29, 1.82) is 0 Å². The van der Waals surface area contributed by atoms with Gasteiger partial charge in [0.2, 0.25) is 5.91 Å². The van der Waals surface area contributed by atoms with E-state index in [2.05, 4.69) is 5.32 Å². The van der Waals surface area contributed by atoms with E-state index >= 15 is 0 Å². The van der Waals surface area contributed by atoms with Gasteiger partial charge in [0.15, 0.2) is 0 Å². The summed E-state index contributed by atoms with van der Waals surface area (Å²) in [6, 6.07) is 6.83. The molecule has 0 unspecified atom stereocenters. The minimum Gasteiger partial charge on any atom is -0.352 e. The molecule has 0 aliphatic heterocycles. The molecule has 2 nitrogen and oxygen atoms in total. The Morgan fingerprint density at radius 2 is 2.00 bits per heavy atom. The minimum atomic E-state index is -0.222. The fourth-order valence-electron chi connectivity index (χ4n) is 2.27. The predicted molar refractivity (Wildman–Crippen MR) is 77.6 cm³/mol. The highest BCUT2D eigenvalue weighted by Crippen LogP contribution is 2.21. The van der Waals surface area contributed by atoms with Crippen molar-refractivity contribution in [2.75, 3.05) is 0 Å². The third-order valence-electron chi connectivity index (χ3n) is 3.48. The molecule has 0 radical (unpaired) electrons. The summed E-state index contributed by atoms with van der Waals surface area (Å²) in [5, 5.41) is 3.04. The van der Waals surface area contributed by atoms with Gasteiger partial charge in [-0.1, -0.05) is 25.0 Å². The molecule has 104 valence electrons. The van der Waals surface area contributed by atoms with Crippen molar-refractivity contribution in [2.24, 2.45) is 0 Å². The van der Waals surface area contributed by atoms with E-state index in [1.807, 2.05) is 6.92 Å². The largest absolute Gasteiger partial charge is 0.352 e. The molecular weight excluding hydrogens is 261 g/mol. The highest BCUT2D eigenvalue weighted by Gasteiger charge is 2.20. The lowest BCUT2D eigenvalue weighted by Gasteiger charge is -2.16. The first-order valence-corrected chi connectivity index (χ1v) is 7.86. The van der Waals surface area contributed by atoms with Crippen LogP contribution in [0.4, 0.5) is 4.39 Å². The lowest BCUT2D eigenvalue weighted by atomic mass is 10.2. The SMILES string of the molecule is C[C@@H](SCc1ccc(F)cc1)C(=O)NC1CCCC1. The van der Waals surface area contributed by atoms with Crippen LogP contribution in [0.25, 0.3) is 0 Å². The molecule has 2 rings (SSSR count). The minimum absolute atomic E-state index is 0.0642. The summed E-state index contributed by atoms with van der Waals surface area (Å²) in [5.74, 6) is 0.638. The van der Waals surface area contributed by atoms with Crippen molar-refractivity contribution in [3.8, 4) is 0 Å². The fourth-order valence-corrected chi connectivity index (χ4v) is 3.12. The first-order chi connectivity index (χ1) is 9.15. The van der Waals surface area contributed by atoms with Gasteiger partial charge in [-0.25, -0.2) is 4.39 Å². The van der Waals surface area contributed by atoms with Crippen LogP contribution in [0, 0.1) is 5.82 Å². The van der Waals surface area contributed by atoms with Gasteiger partial charge in [-0.05, 0) is 37.5 Å². The summed E-state index contributed by atoms with van der Waals surface area (Å²) in [6.45, 7) is 1.93. The van der Waals surface area contributed by atoms with Gasteiger partial charge in [0.25, 0.3) is 0 Å². The van der Waals surface area contributed by atoms with Crippen LogP contribution in [0.2, 0.25) is 0 Å². The molecule has 1 saturated carbocycles. The van der Waals surface area contributed by atoms with Gasteiger partial charge in [0, 0.05) is 11.8 Å². The molecule has 0 bridgehead atoms. The van der Waals surface area contributed by atoms with Crippen LogP contribution in [-0.4, -0.2) is 17.2 Å². The Morgan fingerprint density at radius 1 is 1.37 bits per heavy atom. The lowest BCUT2D eigenvalue weighted by Crippen LogP contribution is -2.37. The monoisotopic (exact) mass is 281 g/mol. The van der Waals surface area contributed by atoms with Crippen LogP contribution in [-0.2, 0) is 10.5 Å². The van der Waals surface area contributed by atoms with Gasteiger partial charge in [-0.15, -0.1) is 11.8 Å². The molecule has 1 atom stereocenters. The summed E-state index contributed by atoms with van der Waals surface area (Å²) >= 11 is 1.59. The second kappa shape index (κ2) is 6.94. The molecule has 1 N–H and O–H groups in total. The Balaban J connectivity index is 1.75. The van der Waals surface area contributed by atoms with Crippen molar-refractivity contribution in [3.63, 3.8) is 0 Å². The number of amides is 1. The number of hydrogen-bond donors (Lipinski definition) is 1. The van der Waals surface area contributed by atoms with Crippen LogP contribution < -0.4 is 5.32 Å². The van der Waals surface area contributed by atoms with Crippen molar-refractivity contribution >= 4 is 17.7 Å². The van der Waals surface area contributed by atoms with Crippen LogP contribution in [0.15, 0.2) is 24.3 Å². The predicted octanol–water partition coefficient (Wildman–Crippen LogP) is 3.51. The molecule has 1 aromatic rings. The second-order valence-electron chi connectivity index (χ2n) is 5.07. The molecule has 0 heterocycles. The zero-order chi connectivity index (χ0) is 13.7. The fraction of sp³-hybridized carbons (Fsp3) is 0.533. The molecule has 1 fully saturated rings. The Labute approximate surface area is 118 Å². The Morgan fingerprint density at radius 3 is 2.63 bits per heavy atom. The van der Waals surface area contributed by atoms with Crippen molar-refractivity contribution in [1.82, 2.24) is 5.32 Å². The third-order valence-corrected chi connectivity index (χ3v) is 4.70. The smallest absolute Gasteiger partial charge is 0.233 e. The number of thioether (sulfide) groups is 1. The number of carbonyl (C=O) groups is 1. The highest BCUT2D eigenvalue weighted by atomic mass is 32.2. The van der Waals surface area contributed by atoms with E-state index in [0.717, 1.165) is 24.2 Å². The third kappa shape index (κ3) is 4.53. The summed E-state index contributed by atoms with van der Waals surface area (Å²) in [5.41, 5.74) is 1.05. The van der Waals surface area contributed by atoms with E-state index < -0.39 is 0 Å². The standard InChI is InChI=1S/C15H20FNOS/c1-11(15(18)17-14-4-2-3-5-14)19-10-12-6-8-13(16)9-7-12/h6-9,11,14H,2-5,10H2,1H3,(H,17,18)/t11-/m1/s1. The normalized spacial score (nSPS) is 17.4. The van der Waals surface area contributed by atoms with E-state index in [9.17, 15) is 9.18 Å². The number of halogens is 1. The average molecular weight is 281 g/mol. The maximum Gasteiger partial charge on any atom is 0.233 e. The molecule has 4 heteroatoms. The van der Waals surface area contributed by atoms with E-state index in [1.165, 1.54) is 25.0 Å². The van der Waals surface area contributed by atoms with Crippen LogP contribution >= 0.6 is 11.8 Å². The number of hydrogen-bond acceptors (Lipinski definition) is 2. The average Bonchev–Trinajstić information content (AvgIpc) is 2.90. The summed E-state index contributed by atoms with van der Waals surface area (Å²) in [6.07, 6.45) is 4.67. The lowest BCUT2D eigenvalue weighted by molar-refractivity contribution is -0.120. The first-order valence-electron chi connectivity index (χ1n) is 6.81. The highest BCUT2D eigenvalue weighted by molar-refractivity contribution is 7.99. The topological polar surface area (TPSA) is 29.1 Å². The molecule has 0 spiro atoms.